The van der Waals surface area contributed by atoms with Crippen LogP contribution in [-0.4, -0.2) is 23.2 Å². The van der Waals surface area contributed by atoms with Gasteiger partial charge in [0.25, 0.3) is 5.69 Å². The third-order valence-electron chi connectivity index (χ3n) is 3.12. The normalized spacial score (nSPS) is 10.5. The van der Waals surface area contributed by atoms with Crippen LogP contribution in [0.2, 0.25) is 5.02 Å². The largest absolute Gasteiger partial charge is 0.395 e. The molecule has 0 atom stereocenters. The summed E-state index contributed by atoms with van der Waals surface area (Å²) in [6.45, 7) is 0.355. The molecule has 2 rings (SSSR count). The van der Waals surface area contributed by atoms with Crippen molar-refractivity contribution < 1.29 is 14.4 Å². The van der Waals surface area contributed by atoms with E-state index in [1.54, 1.807) is 23.1 Å². The average molecular weight is 325 g/mol. The third-order valence-corrected chi connectivity index (χ3v) is 3.35. The number of hydrogen-bond acceptors (Lipinski definition) is 4. The van der Waals surface area contributed by atoms with Crippen molar-refractivity contribution >= 4 is 23.0 Å². The fraction of sp³-hybridized carbons (Fsp3) is 0.200. The molecule has 0 heterocycles. The lowest BCUT2D eigenvalue weighted by Crippen LogP contribution is -2.27. The lowest BCUT2D eigenvalue weighted by Gasteiger charge is -2.24. The van der Waals surface area contributed by atoms with E-state index in [1.165, 1.54) is 12.1 Å². The van der Waals surface area contributed by atoms with Crippen LogP contribution in [0.4, 0.5) is 15.8 Å². The zero-order chi connectivity index (χ0) is 16.1. The maximum absolute atomic E-state index is 14.1. The molecule has 5 nitrogen and oxygen atoms in total. The molecule has 116 valence electrons. The van der Waals surface area contributed by atoms with Gasteiger partial charge in [-0.2, -0.15) is 0 Å². The van der Waals surface area contributed by atoms with Crippen molar-refractivity contribution in [3.8, 4) is 0 Å². The van der Waals surface area contributed by atoms with Crippen molar-refractivity contribution in [2.75, 3.05) is 18.1 Å². The Morgan fingerprint density at radius 2 is 2.05 bits per heavy atom. The summed E-state index contributed by atoms with van der Waals surface area (Å²) in [5, 5.41) is 20.4. The van der Waals surface area contributed by atoms with E-state index in [9.17, 15) is 14.5 Å². The first-order valence-corrected chi connectivity index (χ1v) is 6.93. The molecule has 0 amide bonds. The molecule has 0 saturated heterocycles. The molecular formula is C15H14ClFN2O3. The topological polar surface area (TPSA) is 66.6 Å². The van der Waals surface area contributed by atoms with E-state index in [0.717, 1.165) is 11.6 Å². The lowest BCUT2D eigenvalue weighted by atomic mass is 10.2. The monoisotopic (exact) mass is 324 g/mol. The highest BCUT2D eigenvalue weighted by Crippen LogP contribution is 2.25. The zero-order valence-electron chi connectivity index (χ0n) is 11.6. The van der Waals surface area contributed by atoms with E-state index < -0.39 is 10.7 Å². The SMILES string of the molecule is O=[N+]([O-])c1ccc(N(CCO)Cc2cccc(Cl)c2)c(F)c1. The molecule has 0 aliphatic heterocycles. The minimum absolute atomic E-state index is 0.170. The first-order valence-electron chi connectivity index (χ1n) is 6.55. The molecule has 0 aliphatic rings. The van der Waals surface area contributed by atoms with Crippen LogP contribution in [-0.2, 0) is 6.54 Å². The van der Waals surface area contributed by atoms with Crippen molar-refractivity contribution in [1.29, 1.82) is 0 Å². The number of non-ortho nitro benzene ring substituents is 1. The van der Waals surface area contributed by atoms with Crippen molar-refractivity contribution in [2.45, 2.75) is 6.54 Å². The number of halogens is 2. The molecule has 0 spiro atoms. The Balaban J connectivity index is 2.29. The van der Waals surface area contributed by atoms with E-state index in [1.807, 2.05) is 6.07 Å². The fourth-order valence-electron chi connectivity index (χ4n) is 2.13. The Labute approximate surface area is 131 Å². The smallest absolute Gasteiger partial charge is 0.272 e. The van der Waals surface area contributed by atoms with Gasteiger partial charge in [0.2, 0.25) is 0 Å². The fourth-order valence-corrected chi connectivity index (χ4v) is 2.34. The quantitative estimate of drug-likeness (QED) is 0.653. The Morgan fingerprint density at radius 1 is 1.27 bits per heavy atom. The molecule has 0 aromatic heterocycles. The molecule has 1 N–H and O–H groups in total. The van der Waals surface area contributed by atoms with Crippen LogP contribution in [0.3, 0.4) is 0 Å². The van der Waals surface area contributed by atoms with Crippen LogP contribution in [0.1, 0.15) is 5.56 Å². The van der Waals surface area contributed by atoms with Gasteiger partial charge in [0.15, 0.2) is 5.82 Å². The summed E-state index contributed by atoms with van der Waals surface area (Å²) in [6, 6.07) is 10.5. The number of anilines is 1. The highest BCUT2D eigenvalue weighted by Gasteiger charge is 2.16. The minimum atomic E-state index is -0.704. The summed E-state index contributed by atoms with van der Waals surface area (Å²) in [6.07, 6.45) is 0. The summed E-state index contributed by atoms with van der Waals surface area (Å²) in [5.74, 6) is -0.704. The van der Waals surface area contributed by atoms with Gasteiger partial charge in [-0.05, 0) is 23.8 Å². The van der Waals surface area contributed by atoms with Gasteiger partial charge in [-0.25, -0.2) is 4.39 Å². The molecule has 22 heavy (non-hydrogen) atoms. The second kappa shape index (κ2) is 7.20. The van der Waals surface area contributed by atoms with Crippen LogP contribution >= 0.6 is 11.6 Å². The molecule has 0 aliphatic carbocycles. The maximum atomic E-state index is 14.1. The summed E-state index contributed by atoms with van der Waals surface area (Å²) in [4.78, 5) is 11.6. The van der Waals surface area contributed by atoms with Crippen molar-refractivity contribution in [3.63, 3.8) is 0 Å². The van der Waals surface area contributed by atoms with E-state index in [4.69, 9.17) is 16.7 Å². The Kier molecular flexibility index (Phi) is 5.30. The lowest BCUT2D eigenvalue weighted by molar-refractivity contribution is -0.385. The van der Waals surface area contributed by atoms with E-state index >= 15 is 0 Å². The average Bonchev–Trinajstić information content (AvgIpc) is 2.46. The zero-order valence-corrected chi connectivity index (χ0v) is 12.3. The summed E-state index contributed by atoms with van der Waals surface area (Å²) in [7, 11) is 0. The Morgan fingerprint density at radius 3 is 2.64 bits per heavy atom. The molecule has 0 bridgehead atoms. The third kappa shape index (κ3) is 3.93. The van der Waals surface area contributed by atoms with Gasteiger partial charge in [-0.15, -0.1) is 0 Å². The summed E-state index contributed by atoms with van der Waals surface area (Å²) < 4.78 is 14.1. The highest BCUT2D eigenvalue weighted by atomic mass is 35.5. The van der Waals surface area contributed by atoms with Gasteiger partial charge in [-0.1, -0.05) is 23.7 Å². The molecule has 0 fully saturated rings. The second-order valence-electron chi connectivity index (χ2n) is 4.67. The standard InChI is InChI=1S/C15H14ClFN2O3/c16-12-3-1-2-11(8-12)10-18(6-7-20)15-5-4-13(19(21)22)9-14(15)17/h1-5,8-9,20H,6-7,10H2. The number of nitro groups is 1. The maximum Gasteiger partial charge on any atom is 0.272 e. The van der Waals surface area contributed by atoms with Gasteiger partial charge in [0.1, 0.15) is 0 Å². The minimum Gasteiger partial charge on any atom is -0.395 e. The molecule has 0 unspecified atom stereocenters. The van der Waals surface area contributed by atoms with Crippen LogP contribution in [0.25, 0.3) is 0 Å². The molecule has 2 aromatic rings. The van der Waals surface area contributed by atoms with Crippen molar-refractivity contribution in [1.82, 2.24) is 0 Å². The number of aliphatic hydroxyl groups excluding tert-OH is 1. The first kappa shape index (κ1) is 16.2. The number of hydrogen-bond donors (Lipinski definition) is 1. The predicted octanol–water partition coefficient (Wildman–Crippen LogP) is 3.39. The van der Waals surface area contributed by atoms with Crippen LogP contribution in [0.5, 0.6) is 0 Å². The second-order valence-corrected chi connectivity index (χ2v) is 5.10. The molecule has 7 heteroatoms. The number of nitro benzene ring substituents is 1. The van der Waals surface area contributed by atoms with Gasteiger partial charge >= 0.3 is 0 Å². The van der Waals surface area contributed by atoms with E-state index in [2.05, 4.69) is 0 Å². The van der Waals surface area contributed by atoms with Crippen LogP contribution in [0, 0.1) is 15.9 Å². The van der Waals surface area contributed by atoms with Crippen molar-refractivity contribution in [3.05, 3.63) is 69.0 Å². The highest BCUT2D eigenvalue weighted by molar-refractivity contribution is 6.30. The number of aliphatic hydroxyl groups is 1. The molecular weight excluding hydrogens is 311 g/mol. The van der Waals surface area contributed by atoms with E-state index in [-0.39, 0.29) is 24.5 Å². The Hall–Kier alpha value is -2.18. The van der Waals surface area contributed by atoms with Crippen molar-refractivity contribution in [2.24, 2.45) is 0 Å². The molecule has 0 saturated carbocycles. The van der Waals surface area contributed by atoms with Gasteiger partial charge in [0, 0.05) is 24.2 Å². The van der Waals surface area contributed by atoms with E-state index in [0.29, 0.717) is 11.6 Å². The molecule has 0 radical (unpaired) electrons. The molecule has 2 aromatic carbocycles. The number of benzene rings is 2. The van der Waals surface area contributed by atoms with Crippen LogP contribution in [0.15, 0.2) is 42.5 Å². The van der Waals surface area contributed by atoms with Gasteiger partial charge in [-0.3, -0.25) is 10.1 Å². The Bertz CT molecular complexity index is 682. The summed E-state index contributed by atoms with van der Waals surface area (Å²) in [5.41, 5.74) is 0.728. The first-order chi connectivity index (χ1) is 10.5. The number of nitrogens with zero attached hydrogens (tertiary/aromatic N) is 2. The van der Waals surface area contributed by atoms with Gasteiger partial charge < -0.3 is 10.0 Å². The van der Waals surface area contributed by atoms with Gasteiger partial charge in [0.05, 0.1) is 23.3 Å². The predicted molar refractivity (Wildman–Crippen MR) is 82.6 cm³/mol. The number of rotatable bonds is 6. The van der Waals surface area contributed by atoms with Crippen LogP contribution < -0.4 is 4.90 Å². The summed E-state index contributed by atoms with van der Waals surface area (Å²) >= 11 is 5.92.